The Hall–Kier alpha value is -1.05. The van der Waals surface area contributed by atoms with E-state index in [9.17, 15) is 9.59 Å². The summed E-state index contributed by atoms with van der Waals surface area (Å²) < 4.78 is 6.55. The molecule has 104 valence electrons. The van der Waals surface area contributed by atoms with Crippen LogP contribution in [0.4, 0.5) is 0 Å². The molecule has 0 fully saturated rings. The van der Waals surface area contributed by atoms with Crippen LogP contribution in [0.5, 0.6) is 5.75 Å². The maximum atomic E-state index is 11.8. The molecular weight excluding hydrogens is 362 g/mol. The van der Waals surface area contributed by atoms with Crippen LogP contribution in [0.3, 0.4) is 0 Å². The average Bonchev–Trinajstić information content (AvgIpc) is 2.74. The zero-order chi connectivity index (χ0) is 14.7. The highest BCUT2D eigenvalue weighted by molar-refractivity contribution is 9.10. The summed E-state index contributed by atoms with van der Waals surface area (Å²) in [4.78, 5) is 27.0. The molecule has 0 bridgehead atoms. The van der Waals surface area contributed by atoms with Crippen molar-refractivity contribution in [3.8, 4) is 5.75 Å². The molecule has 1 aromatic carbocycles. The molecule has 0 spiro atoms. The van der Waals surface area contributed by atoms with E-state index in [1.165, 1.54) is 18.7 Å². The molecular formula is C13H10BrNO3S2. The Morgan fingerprint density at radius 2 is 2.25 bits per heavy atom. The smallest absolute Gasteiger partial charge is 0.308 e. The van der Waals surface area contributed by atoms with Gasteiger partial charge in [0.1, 0.15) is 15.8 Å². The van der Waals surface area contributed by atoms with Crippen LogP contribution in [0.25, 0.3) is 6.08 Å². The molecule has 1 aromatic rings. The van der Waals surface area contributed by atoms with Gasteiger partial charge in [-0.3, -0.25) is 9.59 Å². The van der Waals surface area contributed by atoms with Crippen molar-refractivity contribution < 1.29 is 14.3 Å². The van der Waals surface area contributed by atoms with E-state index < -0.39 is 0 Å². The summed E-state index contributed by atoms with van der Waals surface area (Å²) >= 11 is 5.95. The van der Waals surface area contributed by atoms with Gasteiger partial charge in [-0.1, -0.05) is 15.9 Å². The summed E-state index contributed by atoms with van der Waals surface area (Å²) in [5.74, 6) is 0.0424. The first kappa shape index (κ1) is 15.3. The number of carbonyl (C=O) groups excluding carboxylic acids is 2. The third-order valence-electron chi connectivity index (χ3n) is 2.30. The second-order valence-corrected chi connectivity index (χ2v) is 6.65. The van der Waals surface area contributed by atoms with Gasteiger partial charge in [-0.15, -0.1) is 11.8 Å². The highest BCUT2D eigenvalue weighted by Crippen LogP contribution is 2.32. The summed E-state index contributed by atoms with van der Waals surface area (Å²) in [6, 6.07) is 5.12. The van der Waals surface area contributed by atoms with Gasteiger partial charge >= 0.3 is 5.97 Å². The van der Waals surface area contributed by atoms with E-state index >= 15 is 0 Å². The van der Waals surface area contributed by atoms with E-state index in [1.807, 2.05) is 6.26 Å². The van der Waals surface area contributed by atoms with Crippen LogP contribution in [-0.2, 0) is 9.59 Å². The lowest BCUT2D eigenvalue weighted by atomic mass is 10.2. The molecule has 1 aliphatic rings. The fourth-order valence-corrected chi connectivity index (χ4v) is 3.11. The Morgan fingerprint density at radius 1 is 1.50 bits per heavy atom. The van der Waals surface area contributed by atoms with Gasteiger partial charge in [0.15, 0.2) is 0 Å². The van der Waals surface area contributed by atoms with Gasteiger partial charge in [0.05, 0.1) is 0 Å². The number of aliphatic imine (C=N–C) groups is 1. The van der Waals surface area contributed by atoms with Crippen molar-refractivity contribution in [3.05, 3.63) is 33.9 Å². The van der Waals surface area contributed by atoms with E-state index in [0.717, 1.165) is 26.2 Å². The van der Waals surface area contributed by atoms with Gasteiger partial charge in [-0.2, -0.15) is 0 Å². The molecule has 1 aliphatic heterocycles. The normalized spacial score (nSPS) is 16.4. The van der Waals surface area contributed by atoms with Crippen molar-refractivity contribution in [3.63, 3.8) is 0 Å². The van der Waals surface area contributed by atoms with Crippen molar-refractivity contribution in [1.82, 2.24) is 0 Å². The lowest BCUT2D eigenvalue weighted by Crippen LogP contribution is -2.01. The van der Waals surface area contributed by atoms with Crippen molar-refractivity contribution in [2.75, 3.05) is 6.26 Å². The first-order valence-corrected chi connectivity index (χ1v) is 8.37. The largest absolute Gasteiger partial charge is 0.427 e. The predicted molar refractivity (Wildman–Crippen MR) is 87.0 cm³/mol. The molecule has 0 radical (unpaired) electrons. The third-order valence-corrected chi connectivity index (χ3v) is 4.87. The second kappa shape index (κ2) is 6.60. The zero-order valence-corrected chi connectivity index (χ0v) is 13.9. The van der Waals surface area contributed by atoms with Crippen LogP contribution in [0.1, 0.15) is 12.5 Å². The number of rotatable bonds is 2. The standard InChI is InChI=1S/C13H10BrNO3S2/c1-7(16)18-9-3-4-10(14)8(5-9)6-11-12(17)20-13(15-11)19-2/h3-6H,1-2H3/b11-6-. The van der Waals surface area contributed by atoms with E-state index in [1.54, 1.807) is 24.3 Å². The highest BCUT2D eigenvalue weighted by atomic mass is 79.9. The van der Waals surface area contributed by atoms with Crippen LogP contribution in [0, 0.1) is 0 Å². The van der Waals surface area contributed by atoms with Gasteiger partial charge in [-0.25, -0.2) is 4.99 Å². The van der Waals surface area contributed by atoms with E-state index in [-0.39, 0.29) is 11.1 Å². The van der Waals surface area contributed by atoms with Gasteiger partial charge in [0.2, 0.25) is 5.12 Å². The Balaban J connectivity index is 2.35. The quantitative estimate of drug-likeness (QED) is 0.450. The molecule has 0 aromatic heterocycles. The van der Waals surface area contributed by atoms with E-state index in [2.05, 4.69) is 20.9 Å². The molecule has 0 saturated heterocycles. The monoisotopic (exact) mass is 371 g/mol. The number of esters is 1. The number of carbonyl (C=O) groups is 2. The Morgan fingerprint density at radius 3 is 2.85 bits per heavy atom. The van der Waals surface area contributed by atoms with Crippen molar-refractivity contribution in [2.45, 2.75) is 6.92 Å². The number of thioether (sulfide) groups is 2. The molecule has 0 saturated carbocycles. The average molecular weight is 372 g/mol. The van der Waals surface area contributed by atoms with Gasteiger partial charge in [0, 0.05) is 11.4 Å². The van der Waals surface area contributed by atoms with Crippen LogP contribution >= 0.6 is 39.5 Å². The summed E-state index contributed by atoms with van der Waals surface area (Å²) in [5.41, 5.74) is 1.12. The van der Waals surface area contributed by atoms with Crippen molar-refractivity contribution in [2.24, 2.45) is 4.99 Å². The fourth-order valence-electron chi connectivity index (χ4n) is 1.49. The lowest BCUT2D eigenvalue weighted by Gasteiger charge is -2.04. The maximum absolute atomic E-state index is 11.8. The number of benzene rings is 1. The fraction of sp³-hybridized carbons (Fsp3) is 0.154. The van der Waals surface area contributed by atoms with Gasteiger partial charge < -0.3 is 4.74 Å². The van der Waals surface area contributed by atoms with Crippen LogP contribution in [-0.4, -0.2) is 21.7 Å². The van der Waals surface area contributed by atoms with Crippen molar-refractivity contribution in [1.29, 1.82) is 0 Å². The molecule has 2 rings (SSSR count). The summed E-state index contributed by atoms with van der Waals surface area (Å²) in [6.45, 7) is 1.34. The van der Waals surface area contributed by atoms with Gasteiger partial charge in [0.25, 0.3) is 0 Å². The number of hydrogen-bond acceptors (Lipinski definition) is 6. The number of nitrogens with zero attached hydrogens (tertiary/aromatic N) is 1. The molecule has 20 heavy (non-hydrogen) atoms. The van der Waals surface area contributed by atoms with Gasteiger partial charge in [-0.05, 0) is 47.9 Å². The predicted octanol–water partition coefficient (Wildman–Crippen LogP) is 3.71. The first-order valence-electron chi connectivity index (χ1n) is 5.54. The highest BCUT2D eigenvalue weighted by Gasteiger charge is 2.21. The Labute approximate surface area is 133 Å². The molecule has 0 unspecified atom stereocenters. The number of hydrogen-bond donors (Lipinski definition) is 0. The Kier molecular flexibility index (Phi) is 5.06. The molecule has 4 nitrogen and oxygen atoms in total. The van der Waals surface area contributed by atoms with E-state index in [4.69, 9.17) is 4.74 Å². The second-order valence-electron chi connectivity index (χ2n) is 3.78. The molecule has 7 heteroatoms. The van der Waals surface area contributed by atoms with E-state index in [0.29, 0.717) is 11.4 Å². The number of halogens is 1. The molecule has 0 aliphatic carbocycles. The van der Waals surface area contributed by atoms with Crippen LogP contribution < -0.4 is 4.74 Å². The lowest BCUT2D eigenvalue weighted by molar-refractivity contribution is -0.131. The van der Waals surface area contributed by atoms with Crippen molar-refractivity contribution >= 4 is 61.0 Å². The SMILES string of the molecule is CSC1=N/C(=C\c2cc(OC(C)=O)ccc2Br)C(=O)S1. The molecule has 0 amide bonds. The van der Waals surface area contributed by atoms with Crippen LogP contribution in [0.2, 0.25) is 0 Å². The first-order chi connectivity index (χ1) is 9.49. The minimum absolute atomic E-state index is 0.0841. The molecule has 0 N–H and O–H groups in total. The Bertz CT molecular complexity index is 641. The third kappa shape index (κ3) is 3.74. The summed E-state index contributed by atoms with van der Waals surface area (Å²) in [6.07, 6.45) is 3.55. The maximum Gasteiger partial charge on any atom is 0.308 e. The molecule has 1 heterocycles. The zero-order valence-electron chi connectivity index (χ0n) is 10.7. The number of ether oxygens (including phenoxy) is 1. The van der Waals surface area contributed by atoms with Crippen LogP contribution in [0.15, 0.2) is 33.4 Å². The summed E-state index contributed by atoms with van der Waals surface area (Å²) in [5, 5.41) is -0.0841. The summed E-state index contributed by atoms with van der Waals surface area (Å²) in [7, 11) is 0. The molecule has 0 atom stereocenters. The minimum Gasteiger partial charge on any atom is -0.427 e. The minimum atomic E-state index is -0.388. The topological polar surface area (TPSA) is 55.7 Å².